The predicted octanol–water partition coefficient (Wildman–Crippen LogP) is 4.66. The summed E-state index contributed by atoms with van der Waals surface area (Å²) in [6.45, 7) is 10.5. The summed E-state index contributed by atoms with van der Waals surface area (Å²) in [5.74, 6) is 0. The highest BCUT2D eigenvalue weighted by molar-refractivity contribution is 7.71. The van der Waals surface area contributed by atoms with Crippen molar-refractivity contribution in [3.63, 3.8) is 0 Å². The van der Waals surface area contributed by atoms with E-state index in [1.165, 1.54) is 4.88 Å². The van der Waals surface area contributed by atoms with Gasteiger partial charge in [0.2, 0.25) is 0 Å². The Hall–Kier alpha value is -0.940. The van der Waals surface area contributed by atoms with Gasteiger partial charge >= 0.3 is 0 Å². The minimum atomic E-state index is -0.179. The van der Waals surface area contributed by atoms with Crippen molar-refractivity contribution < 1.29 is 0 Å². The van der Waals surface area contributed by atoms with Gasteiger partial charge in [-0.25, -0.2) is 0 Å². The van der Waals surface area contributed by atoms with E-state index in [9.17, 15) is 4.79 Å². The summed E-state index contributed by atoms with van der Waals surface area (Å²) in [5, 5.41) is 0.806. The smallest absolute Gasteiger partial charge is 0.263 e. The summed E-state index contributed by atoms with van der Waals surface area (Å²) in [5.41, 5.74) is 0.963. The molecule has 3 nitrogen and oxygen atoms in total. The highest BCUT2D eigenvalue weighted by Gasteiger charge is 2.29. The van der Waals surface area contributed by atoms with Crippen LogP contribution in [0, 0.1) is 18.6 Å². The van der Waals surface area contributed by atoms with E-state index in [4.69, 9.17) is 12.2 Å². The largest absolute Gasteiger partial charge is 0.323 e. The molecule has 0 atom stereocenters. The van der Waals surface area contributed by atoms with Crippen LogP contribution in [0.25, 0.3) is 10.2 Å². The van der Waals surface area contributed by atoms with Gasteiger partial charge in [-0.1, -0.05) is 20.8 Å². The second-order valence-electron chi connectivity index (χ2n) is 5.34. The fraction of sp³-hybridized carbons (Fsp3) is 0.600. The molecule has 2 rings (SSSR count). The van der Waals surface area contributed by atoms with Gasteiger partial charge in [-0.3, -0.25) is 9.36 Å². The third-order valence-electron chi connectivity index (χ3n) is 4.67. The number of nitrogens with one attached hydrogen (secondary N) is 1. The molecule has 0 aliphatic heterocycles. The van der Waals surface area contributed by atoms with Crippen molar-refractivity contribution in [3.05, 3.63) is 25.6 Å². The first-order valence-electron chi connectivity index (χ1n) is 7.17. The van der Waals surface area contributed by atoms with Gasteiger partial charge < -0.3 is 4.98 Å². The van der Waals surface area contributed by atoms with Gasteiger partial charge in [0.05, 0.1) is 5.39 Å². The summed E-state index contributed by atoms with van der Waals surface area (Å²) in [4.78, 5) is 18.3. The van der Waals surface area contributed by atoms with E-state index in [-0.39, 0.29) is 11.1 Å². The Labute approximate surface area is 128 Å². The average Bonchev–Trinajstić information content (AvgIpc) is 2.70. The minimum absolute atomic E-state index is 0.0659. The fourth-order valence-electron chi connectivity index (χ4n) is 2.98. The molecule has 20 heavy (non-hydrogen) atoms. The molecular formula is C15H22N2OS2. The van der Waals surface area contributed by atoms with Crippen molar-refractivity contribution in [1.29, 1.82) is 0 Å². The highest BCUT2D eigenvalue weighted by Crippen LogP contribution is 2.31. The van der Waals surface area contributed by atoms with Gasteiger partial charge in [-0.05, 0) is 50.9 Å². The number of aromatic amines is 1. The maximum Gasteiger partial charge on any atom is 0.263 e. The molecule has 0 unspecified atom stereocenters. The van der Waals surface area contributed by atoms with Crippen LogP contribution in [0.3, 0.4) is 0 Å². The van der Waals surface area contributed by atoms with Crippen LogP contribution in [-0.4, -0.2) is 9.55 Å². The lowest BCUT2D eigenvalue weighted by atomic mass is 9.89. The summed E-state index contributed by atoms with van der Waals surface area (Å²) in [6, 6.07) is 0. The zero-order valence-electron chi connectivity index (χ0n) is 12.8. The Bertz CT molecular complexity index is 739. The predicted molar refractivity (Wildman–Crippen MR) is 89.6 cm³/mol. The molecule has 0 saturated heterocycles. The first-order chi connectivity index (χ1) is 9.41. The minimum Gasteiger partial charge on any atom is -0.323 e. The van der Waals surface area contributed by atoms with Crippen molar-refractivity contribution in [2.75, 3.05) is 0 Å². The van der Waals surface area contributed by atoms with Crippen LogP contribution in [0.4, 0.5) is 0 Å². The Balaban J connectivity index is 2.94. The molecule has 0 radical (unpaired) electrons. The Morgan fingerprint density at radius 3 is 2.25 bits per heavy atom. The second-order valence-corrected chi connectivity index (χ2v) is 6.95. The average molecular weight is 310 g/mol. The van der Waals surface area contributed by atoms with E-state index in [2.05, 4.69) is 25.8 Å². The number of thiophene rings is 1. The SMILES string of the molecule is CCC(CC)(CC)n1c(=S)[nH]c2sc(C)c(C)c2c1=O. The van der Waals surface area contributed by atoms with E-state index < -0.39 is 0 Å². The van der Waals surface area contributed by atoms with Crippen molar-refractivity contribution in [3.8, 4) is 0 Å². The van der Waals surface area contributed by atoms with Crippen molar-refractivity contribution in [2.24, 2.45) is 0 Å². The Kier molecular flexibility index (Phi) is 4.21. The van der Waals surface area contributed by atoms with E-state index in [0.717, 1.165) is 35.0 Å². The van der Waals surface area contributed by atoms with Crippen LogP contribution in [0.1, 0.15) is 50.5 Å². The quantitative estimate of drug-likeness (QED) is 0.834. The first kappa shape index (κ1) is 15.4. The monoisotopic (exact) mass is 310 g/mol. The van der Waals surface area contributed by atoms with E-state index in [1.54, 1.807) is 11.3 Å². The van der Waals surface area contributed by atoms with Gasteiger partial charge in [0.25, 0.3) is 5.56 Å². The Morgan fingerprint density at radius 2 is 1.75 bits per heavy atom. The van der Waals surface area contributed by atoms with E-state index >= 15 is 0 Å². The summed E-state index contributed by atoms with van der Waals surface area (Å²) in [6.07, 6.45) is 2.72. The first-order valence-corrected chi connectivity index (χ1v) is 8.39. The van der Waals surface area contributed by atoms with Gasteiger partial charge in [-0.2, -0.15) is 0 Å². The Morgan fingerprint density at radius 1 is 1.20 bits per heavy atom. The van der Waals surface area contributed by atoms with Gasteiger partial charge in [-0.15, -0.1) is 11.3 Å². The molecule has 0 fully saturated rings. The molecular weight excluding hydrogens is 288 g/mol. The molecule has 0 aromatic carbocycles. The molecule has 0 aliphatic rings. The van der Waals surface area contributed by atoms with Crippen LogP contribution in [0.5, 0.6) is 0 Å². The van der Waals surface area contributed by atoms with Crippen LogP contribution in [0.15, 0.2) is 4.79 Å². The maximum atomic E-state index is 13.0. The molecule has 0 bridgehead atoms. The van der Waals surface area contributed by atoms with Gasteiger partial charge in [0.15, 0.2) is 4.77 Å². The molecule has 0 aliphatic carbocycles. The lowest BCUT2D eigenvalue weighted by Gasteiger charge is -2.32. The summed E-state index contributed by atoms with van der Waals surface area (Å²) in [7, 11) is 0. The molecule has 2 aromatic rings. The van der Waals surface area contributed by atoms with E-state index in [0.29, 0.717) is 4.77 Å². The molecule has 2 aromatic heterocycles. The molecule has 0 spiro atoms. The van der Waals surface area contributed by atoms with E-state index in [1.807, 2.05) is 18.4 Å². The van der Waals surface area contributed by atoms with Crippen LogP contribution < -0.4 is 5.56 Å². The second kappa shape index (κ2) is 5.45. The van der Waals surface area contributed by atoms with Crippen LogP contribution in [0.2, 0.25) is 0 Å². The lowest BCUT2D eigenvalue weighted by molar-refractivity contribution is 0.238. The van der Waals surface area contributed by atoms with Gasteiger partial charge in [0.1, 0.15) is 4.83 Å². The molecule has 1 N–H and O–H groups in total. The topological polar surface area (TPSA) is 37.8 Å². The zero-order chi connectivity index (χ0) is 15.1. The summed E-state index contributed by atoms with van der Waals surface area (Å²) < 4.78 is 2.37. The number of nitrogens with zero attached hydrogens (tertiary/aromatic N) is 1. The molecule has 5 heteroatoms. The van der Waals surface area contributed by atoms with Crippen molar-refractivity contribution in [1.82, 2.24) is 9.55 Å². The normalized spacial score (nSPS) is 12.2. The van der Waals surface area contributed by atoms with Crippen molar-refractivity contribution in [2.45, 2.75) is 59.4 Å². The fourth-order valence-corrected chi connectivity index (χ4v) is 4.48. The summed E-state index contributed by atoms with van der Waals surface area (Å²) >= 11 is 7.09. The van der Waals surface area contributed by atoms with Crippen LogP contribution >= 0.6 is 23.6 Å². The van der Waals surface area contributed by atoms with Crippen molar-refractivity contribution >= 4 is 33.8 Å². The number of rotatable bonds is 4. The highest BCUT2D eigenvalue weighted by atomic mass is 32.1. The maximum absolute atomic E-state index is 13.0. The molecule has 0 amide bonds. The number of hydrogen-bond donors (Lipinski definition) is 1. The number of H-pyrrole nitrogens is 1. The number of aromatic nitrogens is 2. The third kappa shape index (κ3) is 2.07. The molecule has 110 valence electrons. The third-order valence-corrected chi connectivity index (χ3v) is 6.08. The lowest BCUT2D eigenvalue weighted by Crippen LogP contribution is -2.41. The molecule has 0 saturated carbocycles. The standard InChI is InChI=1S/C15H22N2OS2/c1-6-15(7-2,8-3)17-13(18)11-9(4)10(5)20-12(11)16-14(17)19/h6-8H2,1-5H3,(H,16,19). The zero-order valence-corrected chi connectivity index (χ0v) is 14.4. The molecule has 2 heterocycles. The number of hydrogen-bond acceptors (Lipinski definition) is 3. The van der Waals surface area contributed by atoms with Crippen LogP contribution in [-0.2, 0) is 5.54 Å². The number of aryl methyl sites for hydroxylation is 2. The number of fused-ring (bicyclic) bond motifs is 1. The van der Waals surface area contributed by atoms with Gasteiger partial charge in [0, 0.05) is 10.4 Å².